The molecule has 0 bridgehead atoms. The topological polar surface area (TPSA) is 40.5 Å². The van der Waals surface area contributed by atoms with Gasteiger partial charge >= 0.3 is 26.2 Å². The predicted octanol–water partition coefficient (Wildman–Crippen LogP) is 7.77. The van der Waals surface area contributed by atoms with Crippen molar-refractivity contribution in [3.63, 3.8) is 0 Å². The molecule has 4 rings (SSSR count). The summed E-state index contributed by atoms with van der Waals surface area (Å²) in [6, 6.07) is 10.0. The van der Waals surface area contributed by atoms with Gasteiger partial charge < -0.3 is 10.2 Å². The first-order valence-electron chi connectivity index (χ1n) is 10.9. The largest absolute Gasteiger partial charge is 2.00 e. The molecule has 0 heterocycles. The molecule has 2 aliphatic rings. The predicted molar refractivity (Wildman–Crippen MR) is 133 cm³/mol. The minimum Gasteiger partial charge on any atom is -0.508 e. The van der Waals surface area contributed by atoms with Gasteiger partial charge in [-0.2, -0.15) is 11.1 Å². The van der Waals surface area contributed by atoms with Gasteiger partial charge in [0, 0.05) is 8.07 Å². The van der Waals surface area contributed by atoms with E-state index in [4.69, 9.17) is 10.2 Å². The zero-order valence-electron chi connectivity index (χ0n) is 20.7. The SMILES string of the molecule is CC1=C(C)C([Si](C)(C)C2=[C-]CC(C)=C2C)=[C-]C1.Oc1ccc(F)cc1.Oc1ccc(F)cc1.[Zr+2]. The van der Waals surface area contributed by atoms with Crippen LogP contribution in [-0.2, 0) is 26.2 Å². The summed E-state index contributed by atoms with van der Waals surface area (Å²) >= 11 is 0. The Morgan fingerprint density at radius 3 is 1.15 bits per heavy atom. The summed E-state index contributed by atoms with van der Waals surface area (Å²) in [5, 5.41) is 20.2. The van der Waals surface area contributed by atoms with Gasteiger partial charge in [-0.15, -0.1) is 26.7 Å². The monoisotopic (exact) mass is 556 g/mol. The summed E-state index contributed by atoms with van der Waals surface area (Å²) < 4.78 is 24.0. The minimum atomic E-state index is -1.55. The number of phenolic OH excluding ortho intramolecular Hbond substituents is 2. The molecule has 178 valence electrons. The first-order chi connectivity index (χ1) is 15.4. The van der Waals surface area contributed by atoms with Crippen molar-refractivity contribution in [2.24, 2.45) is 0 Å². The van der Waals surface area contributed by atoms with Gasteiger partial charge in [0.05, 0.1) is 0 Å². The average molecular weight is 558 g/mol. The van der Waals surface area contributed by atoms with Gasteiger partial charge in [0.1, 0.15) is 23.1 Å². The Balaban J connectivity index is 0.000000285. The minimum absolute atomic E-state index is 0. The average Bonchev–Trinajstić information content (AvgIpc) is 3.29. The van der Waals surface area contributed by atoms with Crippen LogP contribution >= 0.6 is 0 Å². The molecular formula is C28H32F2O2SiZr. The van der Waals surface area contributed by atoms with E-state index in [2.05, 4.69) is 52.9 Å². The molecule has 0 aromatic heterocycles. The molecule has 0 saturated carbocycles. The van der Waals surface area contributed by atoms with Gasteiger partial charge in [-0.25, -0.2) is 30.3 Å². The summed E-state index contributed by atoms with van der Waals surface area (Å²) in [6.07, 6.45) is 9.33. The van der Waals surface area contributed by atoms with Gasteiger partial charge in [0.15, 0.2) is 0 Å². The van der Waals surface area contributed by atoms with Crippen LogP contribution in [0, 0.1) is 23.8 Å². The van der Waals surface area contributed by atoms with Gasteiger partial charge in [0.25, 0.3) is 0 Å². The molecule has 0 saturated heterocycles. The van der Waals surface area contributed by atoms with Crippen LogP contribution in [0.25, 0.3) is 0 Å². The number of hydrogen-bond donors (Lipinski definition) is 2. The molecule has 2 aliphatic carbocycles. The van der Waals surface area contributed by atoms with Crippen molar-refractivity contribution in [3.05, 3.63) is 105 Å². The van der Waals surface area contributed by atoms with E-state index in [9.17, 15) is 8.78 Å². The van der Waals surface area contributed by atoms with E-state index in [1.165, 1.54) is 81.2 Å². The first-order valence-corrected chi connectivity index (χ1v) is 13.9. The normalized spacial score (nSPS) is 14.9. The summed E-state index contributed by atoms with van der Waals surface area (Å²) in [7, 11) is -1.55. The van der Waals surface area contributed by atoms with Gasteiger partial charge in [-0.05, 0) is 48.5 Å². The zero-order chi connectivity index (χ0) is 24.8. The molecule has 2 nitrogen and oxygen atoms in total. The second-order valence-corrected chi connectivity index (χ2v) is 13.1. The van der Waals surface area contributed by atoms with Crippen molar-refractivity contribution in [2.75, 3.05) is 0 Å². The number of phenols is 2. The maximum Gasteiger partial charge on any atom is 2.00 e. The van der Waals surface area contributed by atoms with Gasteiger partial charge in [-0.1, -0.05) is 26.9 Å². The molecule has 0 amide bonds. The molecule has 2 N–H and O–H groups in total. The van der Waals surface area contributed by atoms with E-state index < -0.39 is 8.07 Å². The Morgan fingerprint density at radius 1 is 0.647 bits per heavy atom. The third-order valence-corrected chi connectivity index (χ3v) is 9.60. The van der Waals surface area contributed by atoms with Crippen LogP contribution in [0.4, 0.5) is 8.78 Å². The molecule has 0 fully saturated rings. The number of hydrogen-bond acceptors (Lipinski definition) is 2. The Labute approximate surface area is 222 Å². The van der Waals surface area contributed by atoms with Crippen molar-refractivity contribution in [1.29, 1.82) is 0 Å². The maximum absolute atomic E-state index is 12.0. The molecule has 0 atom stereocenters. The summed E-state index contributed by atoms with van der Waals surface area (Å²) in [5.41, 5.74) is 5.98. The third-order valence-electron chi connectivity index (χ3n) is 5.99. The molecular weight excluding hydrogens is 526 g/mol. The number of halogens is 2. The fourth-order valence-corrected chi connectivity index (χ4v) is 7.40. The fourth-order valence-electron chi connectivity index (χ4n) is 3.79. The number of benzene rings is 2. The van der Waals surface area contributed by atoms with E-state index >= 15 is 0 Å². The fraction of sp³-hybridized carbons (Fsp3) is 0.286. The van der Waals surface area contributed by atoms with Crippen molar-refractivity contribution < 1.29 is 45.2 Å². The summed E-state index contributed by atoms with van der Waals surface area (Å²) in [6.45, 7) is 13.9. The molecule has 34 heavy (non-hydrogen) atoms. The van der Waals surface area contributed by atoms with E-state index in [0.29, 0.717) is 0 Å². The van der Waals surface area contributed by atoms with Crippen molar-refractivity contribution in [1.82, 2.24) is 0 Å². The first kappa shape index (κ1) is 30.0. The molecule has 0 spiro atoms. The third kappa shape index (κ3) is 8.02. The molecule has 0 unspecified atom stereocenters. The van der Waals surface area contributed by atoms with Crippen LogP contribution in [0.1, 0.15) is 40.5 Å². The number of rotatable bonds is 2. The maximum atomic E-state index is 12.0. The Morgan fingerprint density at radius 2 is 0.941 bits per heavy atom. The van der Waals surface area contributed by atoms with Crippen molar-refractivity contribution in [3.8, 4) is 11.5 Å². The summed E-state index contributed by atoms with van der Waals surface area (Å²) in [5.74, 6) is -0.483. The Bertz CT molecular complexity index is 967. The van der Waals surface area contributed by atoms with Crippen LogP contribution in [-0.4, -0.2) is 18.3 Å². The standard InChI is InChI=1S/C16H22Si.2C6H5FO.Zr/c1-11-7-9-15(13(11)3)17(5,6)16-10-8-12(2)14(16)4;2*7-5-1-3-6(8)4-2-5;/h7-8H2,1-6H3;2*1-4,8H;/q-2;;;+2. The second-order valence-electron chi connectivity index (χ2n) is 8.85. The van der Waals surface area contributed by atoms with E-state index in [1.807, 2.05) is 0 Å². The van der Waals surface area contributed by atoms with Crippen LogP contribution in [0.15, 0.2) is 81.2 Å². The molecule has 0 radical (unpaired) electrons. The zero-order valence-corrected chi connectivity index (χ0v) is 24.1. The van der Waals surface area contributed by atoms with Crippen LogP contribution in [0.5, 0.6) is 11.5 Å². The number of aromatic hydroxyl groups is 2. The van der Waals surface area contributed by atoms with Crippen molar-refractivity contribution in [2.45, 2.75) is 53.6 Å². The van der Waals surface area contributed by atoms with Crippen molar-refractivity contribution >= 4 is 8.07 Å². The second kappa shape index (κ2) is 13.2. The molecule has 6 heteroatoms. The van der Waals surface area contributed by atoms with Crippen LogP contribution in [0.2, 0.25) is 13.1 Å². The van der Waals surface area contributed by atoms with Gasteiger partial charge in [-0.3, -0.25) is 12.2 Å². The number of allylic oxidation sites excluding steroid dienone is 8. The van der Waals surface area contributed by atoms with Crippen LogP contribution < -0.4 is 0 Å². The quantitative estimate of drug-likeness (QED) is 0.292. The summed E-state index contributed by atoms with van der Waals surface area (Å²) in [4.78, 5) is 0. The van der Waals surface area contributed by atoms with E-state index in [1.54, 1.807) is 0 Å². The smallest absolute Gasteiger partial charge is 0.508 e. The molecule has 0 aliphatic heterocycles. The Kier molecular flexibility index (Phi) is 11.6. The molecule has 2 aromatic carbocycles. The van der Waals surface area contributed by atoms with E-state index in [0.717, 1.165) is 12.8 Å². The Hall–Kier alpha value is -2.04. The van der Waals surface area contributed by atoms with Gasteiger partial charge in [0.2, 0.25) is 0 Å². The van der Waals surface area contributed by atoms with Crippen LogP contribution in [0.3, 0.4) is 0 Å². The van der Waals surface area contributed by atoms with E-state index in [-0.39, 0.29) is 49.3 Å². The molecule has 2 aromatic rings.